The molecule has 0 aliphatic carbocycles. The molecule has 1 fully saturated rings. The lowest BCUT2D eigenvalue weighted by atomic mass is 9.99. The largest absolute Gasteiger partial charge is 0.352 e. The number of benzene rings is 1. The summed E-state index contributed by atoms with van der Waals surface area (Å²) in [6.45, 7) is 8.27. The minimum atomic E-state index is -0.308. The lowest BCUT2D eigenvalue weighted by Gasteiger charge is -2.27. The average molecular weight is 419 g/mol. The maximum atomic E-state index is 12.1. The van der Waals surface area contributed by atoms with Gasteiger partial charge in [0.2, 0.25) is 18.2 Å². The van der Waals surface area contributed by atoms with Crippen molar-refractivity contribution in [3.05, 3.63) is 34.9 Å². The van der Waals surface area contributed by atoms with Crippen LogP contribution in [0.25, 0.3) is 0 Å². The smallest absolute Gasteiger partial charge is 0.226 e. The minimum Gasteiger partial charge on any atom is -0.352 e. The second-order valence-corrected chi connectivity index (χ2v) is 7.16. The molecule has 0 spiro atoms. The van der Waals surface area contributed by atoms with Crippen molar-refractivity contribution in [2.45, 2.75) is 52.7 Å². The van der Waals surface area contributed by atoms with Crippen LogP contribution in [0.15, 0.2) is 18.2 Å². The molecule has 8 nitrogen and oxygen atoms in total. The van der Waals surface area contributed by atoms with Gasteiger partial charge in [0.15, 0.2) is 0 Å². The molecule has 30 heavy (non-hydrogen) atoms. The molecule has 1 aromatic rings. The molecule has 166 valence electrons. The Kier molecular flexibility index (Phi) is 11.5. The van der Waals surface area contributed by atoms with Gasteiger partial charge in [-0.3, -0.25) is 29.4 Å². The molecule has 0 bridgehead atoms. The van der Waals surface area contributed by atoms with Crippen molar-refractivity contribution in [2.24, 2.45) is 5.92 Å². The fraction of sp³-hybridized carbons (Fsp3) is 0.545. The van der Waals surface area contributed by atoms with Gasteiger partial charge in [0.05, 0.1) is 5.92 Å². The number of carbonyl (C=O) groups is 4. The second-order valence-electron chi connectivity index (χ2n) is 7.16. The number of hydrogen-bond donors (Lipinski definition) is 3. The Balaban J connectivity index is 0.00000218. The van der Waals surface area contributed by atoms with Crippen molar-refractivity contribution in [2.75, 3.05) is 20.1 Å². The number of hydrogen-bond acceptors (Lipinski definition) is 6. The van der Waals surface area contributed by atoms with Crippen LogP contribution >= 0.6 is 0 Å². The predicted molar refractivity (Wildman–Crippen MR) is 116 cm³/mol. The molecule has 0 saturated carbocycles. The molecular formula is C22H34N4O4. The van der Waals surface area contributed by atoms with E-state index in [1.165, 1.54) is 0 Å². The summed E-state index contributed by atoms with van der Waals surface area (Å²) in [5.74, 6) is -0.278. The maximum Gasteiger partial charge on any atom is 0.226 e. The Morgan fingerprint density at radius 2 is 1.97 bits per heavy atom. The Hall–Kier alpha value is -2.58. The minimum absolute atomic E-state index is 0.0120. The van der Waals surface area contributed by atoms with Gasteiger partial charge < -0.3 is 10.6 Å². The summed E-state index contributed by atoms with van der Waals surface area (Å²) < 4.78 is 0. The van der Waals surface area contributed by atoms with Crippen LogP contribution in [-0.2, 0) is 27.5 Å². The fourth-order valence-electron chi connectivity index (χ4n) is 3.03. The van der Waals surface area contributed by atoms with Crippen molar-refractivity contribution < 1.29 is 19.2 Å². The highest BCUT2D eigenvalue weighted by Crippen LogP contribution is 2.18. The maximum absolute atomic E-state index is 12.1. The van der Waals surface area contributed by atoms with Gasteiger partial charge in [0.25, 0.3) is 0 Å². The Morgan fingerprint density at radius 1 is 1.27 bits per heavy atom. The third-order valence-corrected chi connectivity index (χ3v) is 5.21. The molecule has 0 aromatic heterocycles. The normalized spacial score (nSPS) is 14.0. The zero-order valence-electron chi connectivity index (χ0n) is 18.4. The molecule has 1 heterocycles. The molecule has 1 aliphatic heterocycles. The second kappa shape index (κ2) is 13.6. The molecule has 1 unspecified atom stereocenters. The SMILES string of the molecule is CC.CC(CCC(=O)NC=O)N(C)Cc1c(C=O)cccc1CNC(=O)C1CNC1. The zero-order valence-corrected chi connectivity index (χ0v) is 18.4. The molecule has 1 atom stereocenters. The van der Waals surface area contributed by atoms with Crippen molar-refractivity contribution in [1.29, 1.82) is 0 Å². The quantitative estimate of drug-likeness (QED) is 0.467. The molecule has 3 amide bonds. The third kappa shape index (κ3) is 7.68. The molecular weight excluding hydrogens is 384 g/mol. The summed E-state index contributed by atoms with van der Waals surface area (Å²) in [6.07, 6.45) is 2.04. The summed E-state index contributed by atoms with van der Waals surface area (Å²) in [5, 5.41) is 8.16. The topological polar surface area (TPSA) is 108 Å². The Labute approximate surface area is 178 Å². The van der Waals surface area contributed by atoms with Gasteiger partial charge in [-0.1, -0.05) is 32.0 Å². The van der Waals surface area contributed by atoms with Gasteiger partial charge in [-0.25, -0.2) is 0 Å². The Morgan fingerprint density at radius 3 is 2.53 bits per heavy atom. The molecule has 0 radical (unpaired) electrons. The predicted octanol–water partition coefficient (Wildman–Crippen LogP) is 1.23. The van der Waals surface area contributed by atoms with E-state index in [4.69, 9.17) is 0 Å². The first-order valence-electron chi connectivity index (χ1n) is 10.4. The van der Waals surface area contributed by atoms with Crippen LogP contribution in [0.1, 0.15) is 55.1 Å². The lowest BCUT2D eigenvalue weighted by molar-refractivity contribution is -0.127. The first kappa shape index (κ1) is 25.5. The van der Waals surface area contributed by atoms with Crippen LogP contribution in [-0.4, -0.2) is 55.6 Å². The van der Waals surface area contributed by atoms with E-state index in [0.717, 1.165) is 17.4 Å². The highest BCUT2D eigenvalue weighted by atomic mass is 16.2. The molecule has 8 heteroatoms. The van der Waals surface area contributed by atoms with E-state index in [1.54, 1.807) is 6.07 Å². The molecule has 1 aliphatic rings. The first-order valence-corrected chi connectivity index (χ1v) is 10.4. The van der Waals surface area contributed by atoms with Crippen LogP contribution in [0.2, 0.25) is 0 Å². The molecule has 1 saturated heterocycles. The van der Waals surface area contributed by atoms with Crippen LogP contribution in [0, 0.1) is 5.92 Å². The van der Waals surface area contributed by atoms with Gasteiger partial charge >= 0.3 is 0 Å². The van der Waals surface area contributed by atoms with Crippen molar-refractivity contribution in [3.63, 3.8) is 0 Å². The number of nitrogens with one attached hydrogen (secondary N) is 3. The van der Waals surface area contributed by atoms with Crippen molar-refractivity contribution in [3.8, 4) is 0 Å². The number of imide groups is 1. The summed E-state index contributed by atoms with van der Waals surface area (Å²) >= 11 is 0. The van der Waals surface area contributed by atoms with Crippen LogP contribution in [0.4, 0.5) is 0 Å². The Bertz CT molecular complexity index is 719. The van der Waals surface area contributed by atoms with E-state index < -0.39 is 0 Å². The van der Waals surface area contributed by atoms with E-state index >= 15 is 0 Å². The van der Waals surface area contributed by atoms with Crippen molar-refractivity contribution in [1.82, 2.24) is 20.9 Å². The molecule has 2 rings (SSSR count). The first-order chi connectivity index (χ1) is 14.5. The zero-order chi connectivity index (χ0) is 22.5. The van der Waals surface area contributed by atoms with Gasteiger partial charge in [-0.15, -0.1) is 0 Å². The van der Waals surface area contributed by atoms with Gasteiger partial charge in [-0.2, -0.15) is 0 Å². The number of aldehydes is 1. The number of amides is 3. The fourth-order valence-corrected chi connectivity index (χ4v) is 3.03. The van der Waals surface area contributed by atoms with E-state index in [9.17, 15) is 19.2 Å². The lowest BCUT2D eigenvalue weighted by Crippen LogP contribution is -2.50. The molecule has 1 aromatic carbocycles. The van der Waals surface area contributed by atoms with Crippen molar-refractivity contribution >= 4 is 24.5 Å². The number of rotatable bonds is 11. The highest BCUT2D eigenvalue weighted by Gasteiger charge is 2.24. The number of carbonyl (C=O) groups excluding carboxylic acids is 4. The van der Waals surface area contributed by atoms with E-state index in [1.807, 2.05) is 40.0 Å². The summed E-state index contributed by atoms with van der Waals surface area (Å²) in [4.78, 5) is 47.4. The average Bonchev–Trinajstić information content (AvgIpc) is 2.71. The summed E-state index contributed by atoms with van der Waals surface area (Å²) in [7, 11) is 1.92. The number of nitrogens with zero attached hydrogens (tertiary/aromatic N) is 1. The van der Waals surface area contributed by atoms with Crippen LogP contribution in [0.5, 0.6) is 0 Å². The van der Waals surface area contributed by atoms with Crippen LogP contribution < -0.4 is 16.0 Å². The van der Waals surface area contributed by atoms with Gasteiger partial charge in [-0.05, 0) is 31.5 Å². The third-order valence-electron chi connectivity index (χ3n) is 5.21. The van der Waals surface area contributed by atoms with E-state index in [0.29, 0.717) is 44.6 Å². The summed E-state index contributed by atoms with van der Waals surface area (Å²) in [5.41, 5.74) is 2.37. The standard InChI is InChI=1S/C20H28N4O4.C2H6/c1-14(6-7-19(27)23-13-26)24(2)11-18-15(4-3-5-16(18)12-25)10-22-20(28)17-8-21-9-17;1-2/h3-5,12-14,17,21H,6-11H2,1-2H3,(H,22,28)(H,23,26,27);1-2H3. The highest BCUT2D eigenvalue weighted by molar-refractivity contribution is 5.85. The van der Waals surface area contributed by atoms with E-state index in [2.05, 4.69) is 20.9 Å². The van der Waals surface area contributed by atoms with Gasteiger partial charge in [0.1, 0.15) is 6.29 Å². The van der Waals surface area contributed by atoms with Gasteiger partial charge in [0, 0.05) is 44.2 Å². The summed E-state index contributed by atoms with van der Waals surface area (Å²) in [6, 6.07) is 5.56. The monoisotopic (exact) mass is 418 g/mol. The molecule has 3 N–H and O–H groups in total. The van der Waals surface area contributed by atoms with Crippen LogP contribution in [0.3, 0.4) is 0 Å². The van der Waals surface area contributed by atoms with E-state index in [-0.39, 0.29) is 30.2 Å².